The minimum Gasteiger partial charge on any atom is -0.352 e. The molecular formula is C17H15F3N4O. The van der Waals surface area contributed by atoms with Crippen LogP contribution in [0, 0.1) is 0 Å². The minimum atomic E-state index is -4.65. The number of pyridine rings is 1. The van der Waals surface area contributed by atoms with E-state index in [1.807, 2.05) is 0 Å². The van der Waals surface area contributed by atoms with Crippen LogP contribution in [0.1, 0.15) is 22.3 Å². The molecule has 0 bridgehead atoms. The fourth-order valence-electron chi connectivity index (χ4n) is 2.59. The van der Waals surface area contributed by atoms with E-state index in [2.05, 4.69) is 15.4 Å². The lowest BCUT2D eigenvalue weighted by molar-refractivity contribution is -0.136. The zero-order valence-corrected chi connectivity index (χ0v) is 13.1. The van der Waals surface area contributed by atoms with Crippen LogP contribution < -0.4 is 5.32 Å². The van der Waals surface area contributed by atoms with Crippen LogP contribution in [0.4, 0.5) is 13.2 Å². The molecule has 25 heavy (non-hydrogen) atoms. The molecule has 0 aliphatic carbocycles. The largest absolute Gasteiger partial charge is 0.417 e. The number of benzene rings is 1. The highest BCUT2D eigenvalue weighted by atomic mass is 19.4. The standard InChI is InChI=1S/C17H15F3N4O/c18-17(19,20)15-12-5-1-2-6-14(12)22-11-13(15)16(25)21-7-3-9-24-10-4-8-23-24/h1-2,4-6,8,10-11H,3,7,9H2,(H,21,25). The molecule has 130 valence electrons. The van der Waals surface area contributed by atoms with Gasteiger partial charge in [0.25, 0.3) is 5.91 Å². The number of nitrogens with one attached hydrogen (secondary N) is 1. The second-order valence-corrected chi connectivity index (χ2v) is 5.44. The molecule has 0 aliphatic heterocycles. The highest BCUT2D eigenvalue weighted by Crippen LogP contribution is 2.36. The Morgan fingerprint density at radius 3 is 2.72 bits per heavy atom. The van der Waals surface area contributed by atoms with E-state index in [4.69, 9.17) is 0 Å². The lowest BCUT2D eigenvalue weighted by Crippen LogP contribution is -2.28. The fourth-order valence-corrected chi connectivity index (χ4v) is 2.59. The van der Waals surface area contributed by atoms with E-state index in [9.17, 15) is 18.0 Å². The van der Waals surface area contributed by atoms with Crippen molar-refractivity contribution >= 4 is 16.8 Å². The molecule has 0 saturated heterocycles. The summed E-state index contributed by atoms with van der Waals surface area (Å²) >= 11 is 0. The molecule has 5 nitrogen and oxygen atoms in total. The predicted molar refractivity (Wildman–Crippen MR) is 85.9 cm³/mol. The van der Waals surface area contributed by atoms with E-state index >= 15 is 0 Å². The van der Waals surface area contributed by atoms with Crippen LogP contribution in [0.3, 0.4) is 0 Å². The summed E-state index contributed by atoms with van der Waals surface area (Å²) in [6.07, 6.45) is 0.291. The molecular weight excluding hydrogens is 333 g/mol. The Labute approximate surface area is 141 Å². The van der Waals surface area contributed by atoms with Crippen molar-refractivity contribution in [2.24, 2.45) is 0 Å². The first kappa shape index (κ1) is 16.9. The number of rotatable bonds is 5. The first-order valence-electron chi connectivity index (χ1n) is 7.67. The quantitative estimate of drug-likeness (QED) is 0.720. The van der Waals surface area contributed by atoms with E-state index < -0.39 is 23.2 Å². The van der Waals surface area contributed by atoms with E-state index in [1.165, 1.54) is 18.2 Å². The molecule has 1 amide bonds. The van der Waals surface area contributed by atoms with Gasteiger partial charge in [-0.1, -0.05) is 18.2 Å². The lowest BCUT2D eigenvalue weighted by atomic mass is 10.0. The van der Waals surface area contributed by atoms with E-state index in [-0.39, 0.29) is 17.4 Å². The van der Waals surface area contributed by atoms with Crippen LogP contribution in [0.15, 0.2) is 48.9 Å². The smallest absolute Gasteiger partial charge is 0.352 e. The van der Waals surface area contributed by atoms with Crippen molar-refractivity contribution < 1.29 is 18.0 Å². The Balaban J connectivity index is 1.78. The highest BCUT2D eigenvalue weighted by molar-refractivity contribution is 6.00. The number of aromatic nitrogens is 3. The van der Waals surface area contributed by atoms with Crippen LogP contribution in [-0.2, 0) is 12.7 Å². The molecule has 3 aromatic rings. The monoisotopic (exact) mass is 348 g/mol. The molecule has 2 heterocycles. The minimum absolute atomic E-state index is 0.0841. The number of nitrogens with zero attached hydrogens (tertiary/aromatic N) is 3. The summed E-state index contributed by atoms with van der Waals surface area (Å²) < 4.78 is 42.2. The topological polar surface area (TPSA) is 59.8 Å². The lowest BCUT2D eigenvalue weighted by Gasteiger charge is -2.15. The third-order valence-corrected chi connectivity index (χ3v) is 3.71. The van der Waals surface area contributed by atoms with Gasteiger partial charge >= 0.3 is 6.18 Å². The number of carbonyl (C=O) groups is 1. The summed E-state index contributed by atoms with van der Waals surface area (Å²) in [5.41, 5.74) is -1.22. The van der Waals surface area contributed by atoms with Crippen LogP contribution >= 0.6 is 0 Å². The van der Waals surface area contributed by atoms with Crippen molar-refractivity contribution in [2.45, 2.75) is 19.1 Å². The van der Waals surface area contributed by atoms with Crippen LogP contribution in [0.2, 0.25) is 0 Å². The van der Waals surface area contributed by atoms with Gasteiger partial charge in [0.05, 0.1) is 16.6 Å². The van der Waals surface area contributed by atoms with Crippen molar-refractivity contribution in [3.8, 4) is 0 Å². The Bertz CT molecular complexity index is 875. The highest BCUT2D eigenvalue weighted by Gasteiger charge is 2.37. The number of para-hydroxylation sites is 1. The number of hydrogen-bond acceptors (Lipinski definition) is 3. The average Bonchev–Trinajstić information content (AvgIpc) is 3.10. The molecule has 0 aliphatic rings. The number of fused-ring (bicyclic) bond motifs is 1. The maximum Gasteiger partial charge on any atom is 0.417 e. The molecule has 3 rings (SSSR count). The van der Waals surface area contributed by atoms with Gasteiger partial charge in [0.15, 0.2) is 0 Å². The molecule has 0 radical (unpaired) electrons. The summed E-state index contributed by atoms with van der Waals surface area (Å²) in [6.45, 7) is 0.804. The number of halogens is 3. The third-order valence-electron chi connectivity index (χ3n) is 3.71. The molecule has 0 atom stereocenters. The molecule has 0 unspecified atom stereocenters. The van der Waals surface area contributed by atoms with Gasteiger partial charge in [-0.15, -0.1) is 0 Å². The molecule has 2 aromatic heterocycles. The van der Waals surface area contributed by atoms with Gasteiger partial charge in [-0.25, -0.2) is 0 Å². The van der Waals surface area contributed by atoms with Crippen molar-refractivity contribution in [3.05, 3.63) is 60.0 Å². The van der Waals surface area contributed by atoms with Crippen molar-refractivity contribution in [3.63, 3.8) is 0 Å². The van der Waals surface area contributed by atoms with E-state index in [0.717, 1.165) is 6.20 Å². The van der Waals surface area contributed by atoms with Crippen molar-refractivity contribution in [1.29, 1.82) is 0 Å². The maximum atomic E-state index is 13.5. The average molecular weight is 348 g/mol. The number of hydrogen-bond donors (Lipinski definition) is 1. The second kappa shape index (κ2) is 6.92. The SMILES string of the molecule is O=C(NCCCn1cccn1)c1cnc2ccccc2c1C(F)(F)F. The van der Waals surface area contributed by atoms with Crippen molar-refractivity contribution in [1.82, 2.24) is 20.1 Å². The Kier molecular flexibility index (Phi) is 4.69. The van der Waals surface area contributed by atoms with Crippen LogP contribution in [0.25, 0.3) is 10.9 Å². The molecule has 1 aromatic carbocycles. The molecule has 0 spiro atoms. The summed E-state index contributed by atoms with van der Waals surface area (Å²) in [5, 5.41) is 6.45. The number of alkyl halides is 3. The van der Waals surface area contributed by atoms with Gasteiger partial charge in [-0.2, -0.15) is 18.3 Å². The Hall–Kier alpha value is -2.90. The van der Waals surface area contributed by atoms with E-state index in [0.29, 0.717) is 13.0 Å². The number of aryl methyl sites for hydroxylation is 1. The first-order valence-corrected chi connectivity index (χ1v) is 7.67. The van der Waals surface area contributed by atoms with Gasteiger partial charge < -0.3 is 5.32 Å². The maximum absolute atomic E-state index is 13.5. The summed E-state index contributed by atoms with van der Waals surface area (Å²) in [6, 6.07) is 7.67. The van der Waals surface area contributed by atoms with Gasteiger partial charge in [0, 0.05) is 37.1 Å². The number of amides is 1. The summed E-state index contributed by atoms with van der Waals surface area (Å²) in [7, 11) is 0. The van der Waals surface area contributed by atoms with Gasteiger partial charge in [0.2, 0.25) is 0 Å². The van der Waals surface area contributed by atoms with Crippen molar-refractivity contribution in [2.75, 3.05) is 6.54 Å². The normalized spacial score (nSPS) is 11.6. The van der Waals surface area contributed by atoms with Crippen LogP contribution in [-0.4, -0.2) is 27.2 Å². The fraction of sp³-hybridized carbons (Fsp3) is 0.235. The molecule has 0 fully saturated rings. The molecule has 8 heteroatoms. The Morgan fingerprint density at radius 1 is 1.20 bits per heavy atom. The van der Waals surface area contributed by atoms with E-state index in [1.54, 1.807) is 29.2 Å². The summed E-state index contributed by atoms with van der Waals surface area (Å²) in [4.78, 5) is 16.2. The second-order valence-electron chi connectivity index (χ2n) is 5.44. The van der Waals surface area contributed by atoms with Gasteiger partial charge in [-0.3, -0.25) is 14.5 Å². The zero-order valence-electron chi connectivity index (χ0n) is 13.1. The molecule has 0 saturated carbocycles. The number of carbonyl (C=O) groups excluding carboxylic acids is 1. The molecule has 1 N–H and O–H groups in total. The first-order chi connectivity index (χ1) is 12.0. The third kappa shape index (κ3) is 3.78. The Morgan fingerprint density at radius 2 is 2.00 bits per heavy atom. The van der Waals surface area contributed by atoms with Gasteiger partial charge in [0.1, 0.15) is 0 Å². The van der Waals surface area contributed by atoms with Gasteiger partial charge in [-0.05, 0) is 18.6 Å². The zero-order chi connectivity index (χ0) is 17.9. The predicted octanol–water partition coefficient (Wildman–Crippen LogP) is 3.27. The summed E-state index contributed by atoms with van der Waals surface area (Å²) in [5.74, 6) is -0.786. The van der Waals surface area contributed by atoms with Crippen LogP contribution in [0.5, 0.6) is 0 Å².